The third kappa shape index (κ3) is 4.80. The van der Waals surface area contributed by atoms with Crippen LogP contribution in [-0.4, -0.2) is 8.42 Å². The Balaban J connectivity index is 2.08. The first-order valence-corrected chi connectivity index (χ1v) is 13.9. The second-order valence-electron chi connectivity index (χ2n) is 7.22. The van der Waals surface area contributed by atoms with Crippen molar-refractivity contribution < 1.29 is 12.0 Å². The van der Waals surface area contributed by atoms with E-state index in [1.54, 1.807) is 24.3 Å². The quantitative estimate of drug-likeness (QED) is 0.247. The Kier molecular flexibility index (Phi) is 7.10. The molecule has 0 aliphatic carbocycles. The van der Waals surface area contributed by atoms with Crippen LogP contribution in [0.3, 0.4) is 0 Å². The number of halogens is 3. The maximum Gasteiger partial charge on any atom is 0.307 e. The molecule has 0 aromatic heterocycles. The summed E-state index contributed by atoms with van der Waals surface area (Å²) in [6.45, 7) is 1.88. The second kappa shape index (κ2) is 9.71. The molecule has 0 fully saturated rings. The minimum Gasteiger partial charge on any atom is -0.203 e. The molecule has 0 radical (unpaired) electrons. The van der Waals surface area contributed by atoms with Gasteiger partial charge in [0.15, 0.2) is 0 Å². The molecule has 0 atom stereocenters. The van der Waals surface area contributed by atoms with Gasteiger partial charge in [0.05, 0.1) is 19.8 Å². The van der Waals surface area contributed by atoms with Crippen LogP contribution in [0.5, 0.6) is 0 Å². The highest BCUT2D eigenvalue weighted by atomic mass is 35.5. The molecule has 3 nitrogen and oxygen atoms in total. The van der Waals surface area contributed by atoms with E-state index in [0.29, 0.717) is 19.7 Å². The Morgan fingerprint density at radius 3 is 1.55 bits per heavy atom. The summed E-state index contributed by atoms with van der Waals surface area (Å²) in [4.78, 5) is 1.65. The zero-order valence-electron chi connectivity index (χ0n) is 17.4. The van der Waals surface area contributed by atoms with Gasteiger partial charge in [0, 0.05) is 14.8 Å². The topological polar surface area (TPSA) is 43.4 Å². The van der Waals surface area contributed by atoms with Crippen LogP contribution in [0.1, 0.15) is 5.56 Å². The van der Waals surface area contributed by atoms with Crippen LogP contribution >= 0.6 is 45.1 Å². The third-order valence-electron chi connectivity index (χ3n) is 4.90. The van der Waals surface area contributed by atoms with Gasteiger partial charge in [-0.1, -0.05) is 88.9 Å². The van der Waals surface area contributed by atoms with Gasteiger partial charge in [-0.25, -0.2) is 3.63 Å². The van der Waals surface area contributed by atoms with Crippen molar-refractivity contribution in [3.8, 4) is 0 Å². The molecular formula is C25H19Cl3O3S2. The third-order valence-corrected chi connectivity index (χ3v) is 11.2. The fourth-order valence-electron chi connectivity index (χ4n) is 3.39. The lowest BCUT2D eigenvalue weighted by Gasteiger charge is -2.40. The number of aryl methyl sites for hydroxylation is 1. The Labute approximate surface area is 210 Å². The van der Waals surface area contributed by atoms with Crippen molar-refractivity contribution in [1.82, 2.24) is 0 Å². The molecule has 0 unspecified atom stereocenters. The summed E-state index contributed by atoms with van der Waals surface area (Å²) in [5.41, 5.74) is 0.933. The highest BCUT2D eigenvalue weighted by Crippen LogP contribution is 2.73. The van der Waals surface area contributed by atoms with E-state index in [1.807, 2.05) is 67.6 Å². The van der Waals surface area contributed by atoms with Gasteiger partial charge in [-0.3, -0.25) is 0 Å². The van der Waals surface area contributed by atoms with Gasteiger partial charge >= 0.3 is 10.1 Å². The largest absolute Gasteiger partial charge is 0.307 e. The Bertz CT molecular complexity index is 1310. The molecule has 4 rings (SSSR count). The van der Waals surface area contributed by atoms with E-state index >= 15 is 0 Å². The van der Waals surface area contributed by atoms with Gasteiger partial charge in [0.2, 0.25) is 0 Å². The Hall–Kier alpha value is -1.99. The average Bonchev–Trinajstić information content (AvgIpc) is 2.79. The summed E-state index contributed by atoms with van der Waals surface area (Å²) in [7, 11) is -7.17. The predicted molar refractivity (Wildman–Crippen MR) is 136 cm³/mol. The number of hydrogen-bond donors (Lipinski definition) is 0. The fraction of sp³-hybridized carbons (Fsp3) is 0.0400. The van der Waals surface area contributed by atoms with Crippen molar-refractivity contribution in [1.29, 1.82) is 0 Å². The summed E-state index contributed by atoms with van der Waals surface area (Å²) >= 11 is 19.6. The highest BCUT2D eigenvalue weighted by Gasteiger charge is 2.41. The SMILES string of the molecule is Cc1ccc(S(=O)(=O)OS(c2ccccc2)(c2ccccc2)c2c(Cl)cc(Cl)cc2Cl)cc1. The van der Waals surface area contributed by atoms with Crippen molar-refractivity contribution in [2.24, 2.45) is 0 Å². The van der Waals surface area contributed by atoms with Gasteiger partial charge in [0.1, 0.15) is 0 Å². The maximum absolute atomic E-state index is 13.7. The second-order valence-corrected chi connectivity index (χ2v) is 12.9. The molecule has 0 amide bonds. The van der Waals surface area contributed by atoms with Gasteiger partial charge in [-0.2, -0.15) is 8.42 Å². The summed E-state index contributed by atoms with van der Waals surface area (Å²) in [5.74, 6) is 0. The van der Waals surface area contributed by atoms with Crippen molar-refractivity contribution in [3.63, 3.8) is 0 Å². The van der Waals surface area contributed by atoms with Crippen LogP contribution < -0.4 is 0 Å². The van der Waals surface area contributed by atoms with Crippen LogP contribution in [0.25, 0.3) is 0 Å². The van der Waals surface area contributed by atoms with Crippen molar-refractivity contribution in [3.05, 3.63) is 118 Å². The number of rotatable bonds is 6. The smallest absolute Gasteiger partial charge is 0.203 e. The molecule has 0 aliphatic rings. The van der Waals surface area contributed by atoms with Gasteiger partial charge in [-0.15, -0.1) is 0 Å². The van der Waals surface area contributed by atoms with Crippen LogP contribution in [-0.2, 0) is 13.7 Å². The van der Waals surface area contributed by atoms with E-state index in [2.05, 4.69) is 0 Å². The molecule has 4 aromatic rings. The van der Waals surface area contributed by atoms with E-state index in [9.17, 15) is 8.42 Å². The van der Waals surface area contributed by atoms with E-state index in [4.69, 9.17) is 38.4 Å². The molecule has 0 heterocycles. The predicted octanol–water partition coefficient (Wildman–Crippen LogP) is 8.56. The minimum absolute atomic E-state index is 0.0399. The molecule has 0 N–H and O–H groups in total. The van der Waals surface area contributed by atoms with E-state index in [0.717, 1.165) is 5.56 Å². The van der Waals surface area contributed by atoms with Gasteiger partial charge < -0.3 is 0 Å². The highest BCUT2D eigenvalue weighted by molar-refractivity contribution is 8.33. The standard InChI is InChI=1S/C25H19Cl3O3S2/c1-18-12-14-22(15-13-18)33(29,30)31-32(20-8-4-2-5-9-20,21-10-6-3-7-11-21)25-23(27)16-19(26)17-24(25)28/h2-17H,1H3. The van der Waals surface area contributed by atoms with Gasteiger partial charge in [-0.05, 0) is 65.8 Å². The monoisotopic (exact) mass is 536 g/mol. The summed E-state index contributed by atoms with van der Waals surface area (Å²) in [5, 5.41) is 0.771. The first-order valence-electron chi connectivity index (χ1n) is 9.85. The summed E-state index contributed by atoms with van der Waals surface area (Å²) < 4.78 is 33.6. The van der Waals surface area contributed by atoms with Crippen molar-refractivity contribution in [2.45, 2.75) is 26.5 Å². The molecule has 170 valence electrons. The lowest BCUT2D eigenvalue weighted by atomic mass is 10.2. The molecule has 0 saturated heterocycles. The molecule has 0 saturated carbocycles. The molecule has 8 heteroatoms. The lowest BCUT2D eigenvalue weighted by Crippen LogP contribution is -2.15. The van der Waals surface area contributed by atoms with Crippen molar-refractivity contribution in [2.75, 3.05) is 0 Å². The summed E-state index contributed by atoms with van der Waals surface area (Å²) in [6.07, 6.45) is 0. The van der Waals surface area contributed by atoms with Crippen molar-refractivity contribution >= 4 is 55.2 Å². The molecular weight excluding hydrogens is 519 g/mol. The van der Waals surface area contributed by atoms with Crippen LogP contribution in [0.4, 0.5) is 0 Å². The Morgan fingerprint density at radius 2 is 1.09 bits per heavy atom. The molecule has 33 heavy (non-hydrogen) atoms. The van der Waals surface area contributed by atoms with Crippen LogP contribution in [0.15, 0.2) is 117 Å². The molecule has 0 aliphatic heterocycles. The molecule has 0 bridgehead atoms. The molecule has 0 spiro atoms. The normalized spacial score (nSPS) is 12.5. The number of benzene rings is 4. The zero-order valence-corrected chi connectivity index (χ0v) is 21.3. The number of hydrogen-bond acceptors (Lipinski definition) is 3. The molecule has 4 aromatic carbocycles. The van der Waals surface area contributed by atoms with Crippen LogP contribution in [0, 0.1) is 6.92 Å². The van der Waals surface area contributed by atoms with E-state index in [-0.39, 0.29) is 14.9 Å². The summed E-state index contributed by atoms with van der Waals surface area (Å²) in [6, 6.07) is 27.8. The van der Waals surface area contributed by atoms with Crippen LogP contribution in [0.2, 0.25) is 15.1 Å². The Morgan fingerprint density at radius 1 is 0.636 bits per heavy atom. The first kappa shape index (κ1) is 24.1. The fourth-order valence-corrected chi connectivity index (χ4v) is 10.1. The first-order chi connectivity index (χ1) is 15.7. The van der Waals surface area contributed by atoms with Gasteiger partial charge in [0.25, 0.3) is 0 Å². The maximum atomic E-state index is 13.7. The zero-order chi connectivity index (χ0) is 23.6. The van der Waals surface area contributed by atoms with E-state index < -0.39 is 20.4 Å². The van der Waals surface area contributed by atoms with E-state index in [1.165, 1.54) is 12.1 Å². The average molecular weight is 538 g/mol. The lowest BCUT2D eigenvalue weighted by molar-refractivity contribution is 0.508. The minimum atomic E-state index is -4.24.